The Kier molecular flexibility index (Phi) is 5.76. The van der Waals surface area contributed by atoms with Crippen LogP contribution in [0, 0.1) is 6.92 Å². The molecule has 0 fully saturated rings. The molecule has 3 aromatic carbocycles. The van der Waals surface area contributed by atoms with Crippen molar-refractivity contribution in [2.45, 2.75) is 25.4 Å². The Hall–Kier alpha value is -4.13. The molecule has 0 radical (unpaired) electrons. The fourth-order valence-electron chi connectivity index (χ4n) is 4.56. The van der Waals surface area contributed by atoms with E-state index in [1.807, 2.05) is 22.9 Å². The van der Waals surface area contributed by atoms with Crippen LogP contribution in [0.3, 0.4) is 0 Å². The van der Waals surface area contributed by atoms with Gasteiger partial charge in [-0.05, 0) is 42.7 Å². The lowest BCUT2D eigenvalue weighted by atomic mass is 9.91. The van der Waals surface area contributed by atoms with Gasteiger partial charge in [0.25, 0.3) is 5.91 Å². The maximum atomic E-state index is 14.0. The minimum absolute atomic E-state index is 0.0422. The number of aryl methyl sites for hydroxylation is 1. The number of hydrogen-bond acceptors (Lipinski definition) is 5. The number of amides is 1. The van der Waals surface area contributed by atoms with Gasteiger partial charge in [0.2, 0.25) is 5.95 Å². The molecule has 7 nitrogen and oxygen atoms in total. The first-order valence-corrected chi connectivity index (χ1v) is 11.2. The van der Waals surface area contributed by atoms with Crippen molar-refractivity contribution in [3.8, 4) is 11.5 Å². The van der Waals surface area contributed by atoms with E-state index in [0.717, 1.165) is 11.1 Å². The molecule has 2 heterocycles. The zero-order valence-corrected chi connectivity index (χ0v) is 19.4. The molecule has 34 heavy (non-hydrogen) atoms. The van der Waals surface area contributed by atoms with Crippen molar-refractivity contribution in [1.29, 1.82) is 0 Å². The average molecular weight is 455 g/mol. The van der Waals surface area contributed by atoms with Crippen LogP contribution in [0.25, 0.3) is 0 Å². The topological polar surface area (TPSA) is 69.5 Å². The lowest BCUT2D eigenvalue weighted by Crippen LogP contribution is -2.42. The van der Waals surface area contributed by atoms with E-state index in [-0.39, 0.29) is 18.0 Å². The third kappa shape index (κ3) is 3.79. The third-order valence-electron chi connectivity index (χ3n) is 6.32. The maximum absolute atomic E-state index is 14.0. The number of methoxy groups -OCH3 is 2. The molecule has 4 aromatic rings. The number of anilines is 1. The van der Waals surface area contributed by atoms with Crippen molar-refractivity contribution >= 4 is 11.9 Å². The molecule has 0 saturated carbocycles. The normalized spacial score (nSPS) is 17.2. The molecule has 5 rings (SSSR count). The molecule has 0 bridgehead atoms. The highest BCUT2D eigenvalue weighted by atomic mass is 16.5. The van der Waals surface area contributed by atoms with Crippen LogP contribution in [-0.4, -0.2) is 34.9 Å². The van der Waals surface area contributed by atoms with E-state index in [2.05, 4.69) is 53.4 Å². The summed E-state index contributed by atoms with van der Waals surface area (Å²) in [5.74, 6) is 1.42. The number of nitrogens with zero attached hydrogens (tertiary/aromatic N) is 4. The highest BCUT2D eigenvalue weighted by molar-refractivity contribution is 6.06. The molecule has 1 amide bonds. The molecule has 0 aliphatic carbocycles. The van der Waals surface area contributed by atoms with Gasteiger partial charge < -0.3 is 9.47 Å². The molecular weight excluding hydrogens is 428 g/mol. The first kappa shape index (κ1) is 21.7. The van der Waals surface area contributed by atoms with E-state index in [0.29, 0.717) is 29.4 Å². The molecule has 1 aliphatic heterocycles. The van der Waals surface area contributed by atoms with Crippen molar-refractivity contribution in [2.24, 2.45) is 0 Å². The van der Waals surface area contributed by atoms with Gasteiger partial charge in [0.05, 0.1) is 26.3 Å². The summed E-state index contributed by atoms with van der Waals surface area (Å²) in [7, 11) is 3.13. The van der Waals surface area contributed by atoms with Gasteiger partial charge in [-0.25, -0.2) is 4.68 Å². The summed E-state index contributed by atoms with van der Waals surface area (Å²) < 4.78 is 12.6. The SMILES string of the molecule is COc1ccc(C(=O)N2c3ncnn3[C@@H](c3ccccc3)C[C@@H]2c2ccc(C)cc2)cc1OC. The van der Waals surface area contributed by atoms with E-state index in [1.165, 1.54) is 11.9 Å². The van der Waals surface area contributed by atoms with E-state index in [4.69, 9.17) is 9.47 Å². The Bertz CT molecular complexity index is 1300. The number of carbonyl (C=O) groups excluding carboxylic acids is 1. The third-order valence-corrected chi connectivity index (χ3v) is 6.32. The second kappa shape index (κ2) is 9.02. The Morgan fingerprint density at radius 2 is 1.59 bits per heavy atom. The summed E-state index contributed by atoms with van der Waals surface area (Å²) in [6, 6.07) is 23.5. The largest absolute Gasteiger partial charge is 0.493 e. The molecule has 0 saturated heterocycles. The molecule has 172 valence electrons. The fourth-order valence-corrected chi connectivity index (χ4v) is 4.56. The number of rotatable bonds is 5. The average Bonchev–Trinajstić information content (AvgIpc) is 3.37. The van der Waals surface area contributed by atoms with Crippen LogP contribution in [0.1, 0.15) is 45.6 Å². The van der Waals surface area contributed by atoms with Crippen molar-refractivity contribution in [2.75, 3.05) is 19.1 Å². The molecule has 1 aromatic heterocycles. The number of aromatic nitrogens is 3. The maximum Gasteiger partial charge on any atom is 0.261 e. The van der Waals surface area contributed by atoms with Gasteiger partial charge >= 0.3 is 0 Å². The van der Waals surface area contributed by atoms with Crippen molar-refractivity contribution in [1.82, 2.24) is 14.8 Å². The second-order valence-corrected chi connectivity index (χ2v) is 8.34. The van der Waals surface area contributed by atoms with Gasteiger partial charge in [-0.1, -0.05) is 60.2 Å². The van der Waals surface area contributed by atoms with Gasteiger partial charge in [-0.2, -0.15) is 10.1 Å². The predicted molar refractivity (Wildman–Crippen MR) is 129 cm³/mol. The highest BCUT2D eigenvalue weighted by Crippen LogP contribution is 2.43. The smallest absolute Gasteiger partial charge is 0.261 e. The summed E-state index contributed by atoms with van der Waals surface area (Å²) in [6.07, 6.45) is 2.18. The first-order valence-electron chi connectivity index (χ1n) is 11.2. The molecule has 7 heteroatoms. The van der Waals surface area contributed by atoms with E-state index in [9.17, 15) is 4.79 Å². The molecule has 1 aliphatic rings. The number of benzene rings is 3. The zero-order chi connectivity index (χ0) is 23.7. The van der Waals surface area contributed by atoms with Crippen LogP contribution >= 0.6 is 0 Å². The highest BCUT2D eigenvalue weighted by Gasteiger charge is 2.39. The lowest BCUT2D eigenvalue weighted by Gasteiger charge is -2.39. The van der Waals surface area contributed by atoms with Gasteiger partial charge in [-0.15, -0.1) is 0 Å². The van der Waals surface area contributed by atoms with E-state index < -0.39 is 0 Å². The second-order valence-electron chi connectivity index (χ2n) is 8.34. The minimum atomic E-state index is -0.219. The monoisotopic (exact) mass is 454 g/mol. The Morgan fingerprint density at radius 3 is 2.29 bits per heavy atom. The first-order chi connectivity index (χ1) is 16.6. The van der Waals surface area contributed by atoms with Crippen LogP contribution in [0.5, 0.6) is 11.5 Å². The molecule has 2 atom stereocenters. The van der Waals surface area contributed by atoms with Gasteiger partial charge in [0, 0.05) is 5.56 Å². The van der Waals surface area contributed by atoms with Crippen LogP contribution in [0.15, 0.2) is 79.1 Å². The van der Waals surface area contributed by atoms with Crippen molar-refractivity contribution in [3.63, 3.8) is 0 Å². The summed E-state index contributed by atoms with van der Waals surface area (Å²) >= 11 is 0. The van der Waals surface area contributed by atoms with E-state index in [1.54, 1.807) is 37.3 Å². The number of fused-ring (bicyclic) bond motifs is 1. The van der Waals surface area contributed by atoms with Crippen LogP contribution in [0.2, 0.25) is 0 Å². The summed E-state index contributed by atoms with van der Waals surface area (Å²) in [5, 5.41) is 4.51. The zero-order valence-electron chi connectivity index (χ0n) is 19.4. The standard InChI is InChI=1S/C27H26N4O3/c1-18-9-11-20(12-10-18)22-16-23(19-7-5-4-6-8-19)31-27(28-17-29-31)30(22)26(32)21-13-14-24(33-2)25(15-21)34-3/h4-15,17,22-23H,16H2,1-3H3/t22-,23-/m1/s1. The Balaban J connectivity index is 1.63. The van der Waals surface area contributed by atoms with Gasteiger partial charge in [0.15, 0.2) is 11.5 Å². The van der Waals surface area contributed by atoms with Crippen LogP contribution in [-0.2, 0) is 0 Å². The quantitative estimate of drug-likeness (QED) is 0.425. The molecule has 0 spiro atoms. The van der Waals surface area contributed by atoms with Crippen molar-refractivity contribution < 1.29 is 14.3 Å². The van der Waals surface area contributed by atoms with Crippen LogP contribution < -0.4 is 14.4 Å². The van der Waals surface area contributed by atoms with Gasteiger partial charge in [-0.3, -0.25) is 9.69 Å². The Morgan fingerprint density at radius 1 is 0.882 bits per heavy atom. The van der Waals surface area contributed by atoms with Gasteiger partial charge in [0.1, 0.15) is 6.33 Å². The molecular formula is C27H26N4O3. The molecule has 0 unspecified atom stereocenters. The Labute approximate surface area is 198 Å². The van der Waals surface area contributed by atoms with Crippen LogP contribution in [0.4, 0.5) is 5.95 Å². The molecule has 0 N–H and O–H groups in total. The fraction of sp³-hybridized carbons (Fsp3) is 0.222. The summed E-state index contributed by atoms with van der Waals surface area (Å²) in [4.78, 5) is 20.2. The number of hydrogen-bond donors (Lipinski definition) is 0. The summed E-state index contributed by atoms with van der Waals surface area (Å²) in [5.41, 5.74) is 3.83. The van der Waals surface area contributed by atoms with Crippen molar-refractivity contribution in [3.05, 3.63) is 101 Å². The minimum Gasteiger partial charge on any atom is -0.493 e. The van der Waals surface area contributed by atoms with E-state index >= 15 is 0 Å². The number of carbonyl (C=O) groups is 1. The lowest BCUT2D eigenvalue weighted by molar-refractivity contribution is 0.0963. The summed E-state index contributed by atoms with van der Waals surface area (Å²) in [6.45, 7) is 2.06. The number of ether oxygens (including phenoxy) is 2. The predicted octanol–water partition coefficient (Wildman–Crippen LogP) is 4.98.